The third-order valence-electron chi connectivity index (χ3n) is 3.63. The van der Waals surface area contributed by atoms with Crippen LogP contribution in [-0.2, 0) is 0 Å². The van der Waals surface area contributed by atoms with Crippen molar-refractivity contribution >= 4 is 5.65 Å². The molecule has 0 spiro atoms. The van der Waals surface area contributed by atoms with Gasteiger partial charge in [-0.25, -0.2) is 9.97 Å². The molecule has 0 saturated heterocycles. The van der Waals surface area contributed by atoms with Gasteiger partial charge in [0.05, 0.1) is 17.9 Å². The summed E-state index contributed by atoms with van der Waals surface area (Å²) in [5, 5.41) is 4.43. The number of imidazole rings is 1. The molecular weight excluding hydrogens is 226 g/mol. The summed E-state index contributed by atoms with van der Waals surface area (Å²) in [7, 11) is 0. The summed E-state index contributed by atoms with van der Waals surface area (Å²) in [6.07, 6.45) is 13.2. The van der Waals surface area contributed by atoms with Crippen molar-refractivity contribution in [2.24, 2.45) is 0 Å². The molecule has 1 aliphatic carbocycles. The summed E-state index contributed by atoms with van der Waals surface area (Å²) in [5.41, 5.74) is 2.91. The summed E-state index contributed by atoms with van der Waals surface area (Å²) >= 11 is 0. The van der Waals surface area contributed by atoms with E-state index in [0.29, 0.717) is 6.04 Å². The Hall–Kier alpha value is -2.17. The van der Waals surface area contributed by atoms with E-state index in [9.17, 15) is 0 Å². The van der Waals surface area contributed by atoms with Crippen LogP contribution in [0.1, 0.15) is 25.3 Å². The third-order valence-corrected chi connectivity index (χ3v) is 3.63. The SMILES string of the molecule is c1cn2cnc(-c3cnn(C4CCC4)c3)cc2n1. The van der Waals surface area contributed by atoms with Gasteiger partial charge in [0.15, 0.2) is 0 Å². The Morgan fingerprint density at radius 1 is 1.22 bits per heavy atom. The molecule has 0 atom stereocenters. The average molecular weight is 239 g/mol. The van der Waals surface area contributed by atoms with Gasteiger partial charge in [-0.05, 0) is 19.3 Å². The Bertz CT molecular complexity index is 692. The summed E-state index contributed by atoms with van der Waals surface area (Å²) in [4.78, 5) is 8.71. The molecule has 0 unspecified atom stereocenters. The zero-order valence-corrected chi connectivity index (χ0v) is 9.90. The van der Waals surface area contributed by atoms with Gasteiger partial charge in [-0.2, -0.15) is 5.10 Å². The third kappa shape index (κ3) is 1.44. The van der Waals surface area contributed by atoms with Gasteiger partial charge in [-0.3, -0.25) is 9.08 Å². The van der Waals surface area contributed by atoms with Crippen molar-refractivity contribution in [2.75, 3.05) is 0 Å². The molecule has 3 aromatic rings. The molecule has 3 aromatic heterocycles. The number of aromatic nitrogens is 5. The van der Waals surface area contributed by atoms with Gasteiger partial charge in [-0.15, -0.1) is 0 Å². The monoisotopic (exact) mass is 239 g/mol. The van der Waals surface area contributed by atoms with Gasteiger partial charge < -0.3 is 0 Å². The first-order chi connectivity index (χ1) is 8.90. The van der Waals surface area contributed by atoms with Gasteiger partial charge in [0.25, 0.3) is 0 Å². The lowest BCUT2D eigenvalue weighted by Gasteiger charge is -2.25. The molecule has 0 radical (unpaired) electrons. The molecular formula is C13H13N5. The molecule has 3 heterocycles. The van der Waals surface area contributed by atoms with Crippen LogP contribution in [-0.4, -0.2) is 24.1 Å². The molecule has 18 heavy (non-hydrogen) atoms. The number of fused-ring (bicyclic) bond motifs is 1. The van der Waals surface area contributed by atoms with Gasteiger partial charge in [0.1, 0.15) is 12.0 Å². The second kappa shape index (κ2) is 3.66. The maximum Gasteiger partial charge on any atom is 0.140 e. The van der Waals surface area contributed by atoms with Crippen molar-refractivity contribution < 1.29 is 0 Å². The molecule has 4 rings (SSSR count). The molecule has 0 N–H and O–H groups in total. The van der Waals surface area contributed by atoms with E-state index in [1.54, 1.807) is 12.5 Å². The first-order valence-corrected chi connectivity index (χ1v) is 6.23. The van der Waals surface area contributed by atoms with Crippen LogP contribution >= 0.6 is 0 Å². The first-order valence-electron chi connectivity index (χ1n) is 6.23. The van der Waals surface area contributed by atoms with Crippen molar-refractivity contribution in [3.63, 3.8) is 0 Å². The fourth-order valence-corrected chi connectivity index (χ4v) is 2.30. The Balaban J connectivity index is 1.74. The largest absolute Gasteiger partial charge is 0.290 e. The van der Waals surface area contributed by atoms with E-state index < -0.39 is 0 Å². The molecule has 0 aliphatic heterocycles. The summed E-state index contributed by atoms with van der Waals surface area (Å²) < 4.78 is 3.97. The molecule has 1 aliphatic rings. The standard InChI is InChI=1S/C13H13N5/c1-2-11(3-1)18-8-10(7-16-18)12-6-13-14-4-5-17(13)9-15-12/h4-9,11H,1-3H2. The fraction of sp³-hybridized carbons (Fsp3) is 0.308. The van der Waals surface area contributed by atoms with E-state index in [0.717, 1.165) is 16.9 Å². The minimum Gasteiger partial charge on any atom is -0.290 e. The normalized spacial score (nSPS) is 16.0. The van der Waals surface area contributed by atoms with Crippen LogP contribution in [0.25, 0.3) is 16.9 Å². The fourth-order valence-electron chi connectivity index (χ4n) is 2.30. The average Bonchev–Trinajstić information content (AvgIpc) is 2.93. The highest BCUT2D eigenvalue weighted by Gasteiger charge is 2.20. The topological polar surface area (TPSA) is 48.0 Å². The predicted molar refractivity (Wildman–Crippen MR) is 67.1 cm³/mol. The molecule has 1 fully saturated rings. The highest BCUT2D eigenvalue weighted by atomic mass is 15.3. The van der Waals surface area contributed by atoms with Crippen LogP contribution in [0, 0.1) is 0 Å². The number of hydrogen-bond acceptors (Lipinski definition) is 3. The molecule has 0 amide bonds. The van der Waals surface area contributed by atoms with Crippen LogP contribution in [0.5, 0.6) is 0 Å². The lowest BCUT2D eigenvalue weighted by molar-refractivity contribution is 0.289. The molecule has 5 heteroatoms. The Morgan fingerprint density at radius 2 is 2.17 bits per heavy atom. The maximum atomic E-state index is 4.44. The lowest BCUT2D eigenvalue weighted by atomic mass is 9.93. The number of rotatable bonds is 2. The van der Waals surface area contributed by atoms with Crippen LogP contribution in [0.15, 0.2) is 37.2 Å². The number of nitrogens with zero attached hydrogens (tertiary/aromatic N) is 5. The van der Waals surface area contributed by atoms with E-state index in [1.165, 1.54) is 19.3 Å². The zero-order chi connectivity index (χ0) is 11.9. The van der Waals surface area contributed by atoms with Gasteiger partial charge in [0, 0.05) is 30.2 Å². The molecule has 1 saturated carbocycles. The van der Waals surface area contributed by atoms with Crippen LogP contribution in [0.4, 0.5) is 0 Å². The van der Waals surface area contributed by atoms with Gasteiger partial charge >= 0.3 is 0 Å². The summed E-state index contributed by atoms with van der Waals surface area (Å²) in [6.45, 7) is 0. The highest BCUT2D eigenvalue weighted by Crippen LogP contribution is 2.31. The van der Waals surface area contributed by atoms with E-state index in [-0.39, 0.29) is 0 Å². The van der Waals surface area contributed by atoms with Gasteiger partial charge in [0.2, 0.25) is 0 Å². The smallest absolute Gasteiger partial charge is 0.140 e. The second-order valence-electron chi connectivity index (χ2n) is 4.76. The Labute approximate surface area is 104 Å². The van der Waals surface area contributed by atoms with E-state index in [1.807, 2.05) is 22.9 Å². The highest BCUT2D eigenvalue weighted by molar-refractivity contribution is 5.61. The van der Waals surface area contributed by atoms with Crippen LogP contribution in [0.2, 0.25) is 0 Å². The summed E-state index contributed by atoms with van der Waals surface area (Å²) in [6, 6.07) is 2.58. The molecule has 0 aromatic carbocycles. The van der Waals surface area contributed by atoms with Crippen molar-refractivity contribution in [1.82, 2.24) is 24.1 Å². The lowest BCUT2D eigenvalue weighted by Crippen LogP contribution is -2.16. The van der Waals surface area contributed by atoms with Crippen molar-refractivity contribution in [3.8, 4) is 11.3 Å². The van der Waals surface area contributed by atoms with Gasteiger partial charge in [-0.1, -0.05) is 0 Å². The minimum absolute atomic E-state index is 0.592. The van der Waals surface area contributed by atoms with Crippen molar-refractivity contribution in [3.05, 3.63) is 37.2 Å². The van der Waals surface area contributed by atoms with Crippen molar-refractivity contribution in [2.45, 2.75) is 25.3 Å². The zero-order valence-electron chi connectivity index (χ0n) is 9.90. The van der Waals surface area contributed by atoms with E-state index in [2.05, 4.69) is 25.9 Å². The quantitative estimate of drug-likeness (QED) is 0.689. The van der Waals surface area contributed by atoms with E-state index in [4.69, 9.17) is 0 Å². The minimum atomic E-state index is 0.592. The number of hydrogen-bond donors (Lipinski definition) is 0. The summed E-state index contributed by atoms with van der Waals surface area (Å²) in [5.74, 6) is 0. The second-order valence-corrected chi connectivity index (χ2v) is 4.76. The molecule has 0 bridgehead atoms. The Kier molecular flexibility index (Phi) is 2.00. The van der Waals surface area contributed by atoms with Crippen LogP contribution in [0.3, 0.4) is 0 Å². The predicted octanol–water partition coefficient (Wildman–Crippen LogP) is 2.32. The molecule has 90 valence electrons. The maximum absolute atomic E-state index is 4.44. The molecule has 5 nitrogen and oxygen atoms in total. The Morgan fingerprint density at radius 3 is 3.00 bits per heavy atom. The van der Waals surface area contributed by atoms with E-state index >= 15 is 0 Å². The van der Waals surface area contributed by atoms with Crippen molar-refractivity contribution in [1.29, 1.82) is 0 Å². The van der Waals surface area contributed by atoms with Crippen LogP contribution < -0.4 is 0 Å². The first kappa shape index (κ1) is 9.82.